The van der Waals surface area contributed by atoms with E-state index in [-0.39, 0.29) is 12.1 Å². The summed E-state index contributed by atoms with van der Waals surface area (Å²) >= 11 is 0. The van der Waals surface area contributed by atoms with Crippen molar-refractivity contribution in [1.29, 1.82) is 0 Å². The SMILES string of the molecule is CC1=CN(C2CCN(C(=O)OC(C)(C)C)CC2)C(=O)NC1S(=O)(=O)O. The predicted octanol–water partition coefficient (Wildman–Crippen LogP) is 1.53. The minimum atomic E-state index is -4.40. The fourth-order valence-corrected chi connectivity index (χ4v) is 3.66. The molecule has 0 radical (unpaired) electrons. The van der Waals surface area contributed by atoms with E-state index in [0.29, 0.717) is 31.5 Å². The normalized spacial score (nSPS) is 23.2. The minimum absolute atomic E-state index is 0.156. The number of nitrogens with zero attached hydrogens (tertiary/aromatic N) is 2. The minimum Gasteiger partial charge on any atom is -0.444 e. The highest BCUT2D eigenvalue weighted by Gasteiger charge is 2.37. The molecule has 0 bridgehead atoms. The maximum Gasteiger partial charge on any atom is 0.410 e. The van der Waals surface area contributed by atoms with Crippen molar-refractivity contribution in [3.8, 4) is 0 Å². The van der Waals surface area contributed by atoms with E-state index in [4.69, 9.17) is 9.29 Å². The molecule has 2 rings (SSSR count). The van der Waals surface area contributed by atoms with Gasteiger partial charge in [-0.3, -0.25) is 9.45 Å². The number of nitrogens with one attached hydrogen (secondary N) is 1. The summed E-state index contributed by atoms with van der Waals surface area (Å²) in [5.74, 6) is 0. The number of rotatable bonds is 2. The number of hydrogen-bond acceptors (Lipinski definition) is 5. The lowest BCUT2D eigenvalue weighted by Gasteiger charge is -2.39. The molecule has 142 valence electrons. The average Bonchev–Trinajstić information content (AvgIpc) is 2.46. The molecule has 0 saturated carbocycles. The van der Waals surface area contributed by atoms with Crippen molar-refractivity contribution in [1.82, 2.24) is 15.1 Å². The van der Waals surface area contributed by atoms with Crippen LogP contribution in [-0.2, 0) is 14.9 Å². The predicted molar refractivity (Wildman–Crippen MR) is 90.3 cm³/mol. The highest BCUT2D eigenvalue weighted by atomic mass is 32.2. The van der Waals surface area contributed by atoms with Gasteiger partial charge in [0.2, 0.25) is 0 Å². The summed E-state index contributed by atoms with van der Waals surface area (Å²) in [6.07, 6.45) is 2.16. The summed E-state index contributed by atoms with van der Waals surface area (Å²) in [6, 6.07) is -0.736. The Morgan fingerprint density at radius 1 is 1.32 bits per heavy atom. The van der Waals surface area contributed by atoms with Crippen molar-refractivity contribution in [3.05, 3.63) is 11.8 Å². The van der Waals surface area contributed by atoms with E-state index >= 15 is 0 Å². The van der Waals surface area contributed by atoms with Crippen molar-refractivity contribution in [2.24, 2.45) is 0 Å². The lowest BCUT2D eigenvalue weighted by atomic mass is 10.0. The third-order valence-electron chi connectivity index (χ3n) is 4.05. The van der Waals surface area contributed by atoms with E-state index in [1.807, 2.05) is 0 Å². The number of ether oxygens (including phenoxy) is 1. The Morgan fingerprint density at radius 2 is 1.88 bits per heavy atom. The molecule has 0 aromatic rings. The van der Waals surface area contributed by atoms with Crippen LogP contribution in [0.25, 0.3) is 0 Å². The van der Waals surface area contributed by atoms with Gasteiger partial charge >= 0.3 is 12.1 Å². The van der Waals surface area contributed by atoms with Crippen molar-refractivity contribution in [2.75, 3.05) is 13.1 Å². The molecule has 0 spiro atoms. The Bertz CT molecular complexity index is 674. The Labute approximate surface area is 147 Å². The smallest absolute Gasteiger partial charge is 0.410 e. The van der Waals surface area contributed by atoms with Crippen molar-refractivity contribution in [3.63, 3.8) is 0 Å². The topological polar surface area (TPSA) is 116 Å². The molecule has 0 aliphatic carbocycles. The van der Waals surface area contributed by atoms with Crippen molar-refractivity contribution in [2.45, 2.75) is 57.6 Å². The van der Waals surface area contributed by atoms with E-state index in [1.165, 1.54) is 18.0 Å². The van der Waals surface area contributed by atoms with E-state index in [0.717, 1.165) is 0 Å². The largest absolute Gasteiger partial charge is 0.444 e. The number of likely N-dealkylation sites (tertiary alicyclic amines) is 1. The van der Waals surface area contributed by atoms with Gasteiger partial charge in [-0.2, -0.15) is 8.42 Å². The van der Waals surface area contributed by atoms with Crippen LogP contribution in [0.5, 0.6) is 0 Å². The van der Waals surface area contributed by atoms with Gasteiger partial charge in [0.15, 0.2) is 5.37 Å². The Balaban J connectivity index is 2.00. The van der Waals surface area contributed by atoms with Gasteiger partial charge in [-0.1, -0.05) is 0 Å². The Hall–Kier alpha value is -1.81. The number of carbonyl (C=O) groups excluding carboxylic acids is 2. The summed E-state index contributed by atoms with van der Waals surface area (Å²) in [7, 11) is -4.40. The molecule has 1 atom stereocenters. The van der Waals surface area contributed by atoms with Gasteiger partial charge < -0.3 is 15.0 Å². The van der Waals surface area contributed by atoms with Crippen molar-refractivity contribution >= 4 is 22.2 Å². The number of carbonyl (C=O) groups is 2. The van der Waals surface area contributed by atoms with E-state index in [2.05, 4.69) is 5.32 Å². The number of urea groups is 1. The first-order valence-corrected chi connectivity index (χ1v) is 9.60. The number of hydrogen-bond donors (Lipinski definition) is 2. The van der Waals surface area contributed by atoms with Crippen LogP contribution in [0, 0.1) is 0 Å². The molecule has 1 unspecified atom stereocenters. The van der Waals surface area contributed by atoms with Crippen LogP contribution in [0.3, 0.4) is 0 Å². The molecular weight excluding hydrogens is 350 g/mol. The third-order valence-corrected chi connectivity index (χ3v) is 5.14. The van der Waals surface area contributed by atoms with Gasteiger partial charge in [0.25, 0.3) is 10.1 Å². The second-order valence-electron chi connectivity index (χ2n) is 7.32. The van der Waals surface area contributed by atoms with Crippen LogP contribution in [0.2, 0.25) is 0 Å². The zero-order valence-electron chi connectivity index (χ0n) is 14.9. The molecule has 2 aliphatic rings. The Kier molecular flexibility index (Phi) is 5.33. The molecule has 0 aromatic heterocycles. The monoisotopic (exact) mass is 375 g/mol. The van der Waals surface area contributed by atoms with Crippen LogP contribution < -0.4 is 5.32 Å². The van der Waals surface area contributed by atoms with Gasteiger partial charge in [0.05, 0.1) is 0 Å². The fourth-order valence-electron chi connectivity index (χ4n) is 2.88. The quantitative estimate of drug-likeness (QED) is 0.707. The second kappa shape index (κ2) is 6.83. The highest BCUT2D eigenvalue weighted by molar-refractivity contribution is 7.86. The first-order chi connectivity index (χ1) is 11.4. The van der Waals surface area contributed by atoms with Gasteiger partial charge in [-0.05, 0) is 46.1 Å². The van der Waals surface area contributed by atoms with Crippen molar-refractivity contribution < 1.29 is 27.3 Å². The van der Waals surface area contributed by atoms with Gasteiger partial charge in [0.1, 0.15) is 5.60 Å². The fraction of sp³-hybridized carbons (Fsp3) is 0.733. The molecule has 1 saturated heterocycles. The lowest BCUT2D eigenvalue weighted by Crippen LogP contribution is -2.56. The van der Waals surface area contributed by atoms with Crippen LogP contribution in [0.1, 0.15) is 40.5 Å². The second-order valence-corrected chi connectivity index (χ2v) is 8.82. The first-order valence-electron chi connectivity index (χ1n) is 8.10. The molecule has 2 heterocycles. The molecule has 0 aromatic carbocycles. The van der Waals surface area contributed by atoms with Gasteiger partial charge in [0, 0.05) is 25.3 Å². The summed E-state index contributed by atoms with van der Waals surface area (Å²) < 4.78 is 37.1. The van der Waals surface area contributed by atoms with E-state index in [9.17, 15) is 18.0 Å². The zero-order valence-corrected chi connectivity index (χ0v) is 15.7. The van der Waals surface area contributed by atoms with Gasteiger partial charge in [-0.15, -0.1) is 0 Å². The maximum absolute atomic E-state index is 12.2. The molecule has 25 heavy (non-hydrogen) atoms. The van der Waals surface area contributed by atoms with Crippen LogP contribution in [0.15, 0.2) is 11.8 Å². The van der Waals surface area contributed by atoms with Crippen LogP contribution in [-0.4, -0.2) is 65.0 Å². The highest BCUT2D eigenvalue weighted by Crippen LogP contribution is 2.24. The van der Waals surface area contributed by atoms with Gasteiger partial charge in [-0.25, -0.2) is 9.59 Å². The molecule has 3 amide bonds. The Morgan fingerprint density at radius 3 is 2.36 bits per heavy atom. The molecule has 9 nitrogen and oxygen atoms in total. The zero-order chi connectivity index (χ0) is 19.0. The first kappa shape index (κ1) is 19.5. The third kappa shape index (κ3) is 4.85. The van der Waals surface area contributed by atoms with Crippen LogP contribution >= 0.6 is 0 Å². The molecule has 2 N–H and O–H groups in total. The molecule has 1 fully saturated rings. The number of amides is 3. The van der Waals surface area contributed by atoms with E-state index in [1.54, 1.807) is 25.7 Å². The molecule has 2 aliphatic heterocycles. The average molecular weight is 375 g/mol. The molecular formula is C15H25N3O6S. The van der Waals surface area contributed by atoms with Crippen LogP contribution in [0.4, 0.5) is 9.59 Å². The standard InChI is InChI=1S/C15H25N3O6S/c1-10-9-18(13(19)16-12(10)25(21,22)23)11-5-7-17(8-6-11)14(20)24-15(2,3)4/h9,11-12H,5-8H2,1-4H3,(H,16,19)(H,21,22,23). The number of piperidine rings is 1. The molecule has 10 heteroatoms. The maximum atomic E-state index is 12.2. The summed E-state index contributed by atoms with van der Waals surface area (Å²) in [5.41, 5.74) is -0.234. The van der Waals surface area contributed by atoms with E-state index < -0.39 is 27.1 Å². The summed E-state index contributed by atoms with van der Waals surface area (Å²) in [5, 5.41) is 0.876. The summed E-state index contributed by atoms with van der Waals surface area (Å²) in [4.78, 5) is 27.3. The lowest BCUT2D eigenvalue weighted by molar-refractivity contribution is 0.0177. The summed E-state index contributed by atoms with van der Waals surface area (Å²) in [6.45, 7) is 7.81.